The zero-order valence-electron chi connectivity index (χ0n) is 11.7. The fourth-order valence-electron chi connectivity index (χ4n) is 0.770. The van der Waals surface area contributed by atoms with Crippen molar-refractivity contribution < 1.29 is 9.41 Å². The summed E-state index contributed by atoms with van der Waals surface area (Å²) >= 11 is 0. The summed E-state index contributed by atoms with van der Waals surface area (Å²) in [4.78, 5) is 0. The molecule has 2 rings (SSSR count). The Morgan fingerprint density at radius 1 is 0.273 bits per heavy atom. The van der Waals surface area contributed by atoms with E-state index in [1.807, 2.05) is 100 Å². The van der Waals surface area contributed by atoms with E-state index in [0.717, 1.165) is 0 Å². The minimum absolute atomic E-state index is 0. The summed E-state index contributed by atoms with van der Waals surface area (Å²) in [5, 5.41) is 0. The lowest BCUT2D eigenvalue weighted by Gasteiger charge is -1.69. The van der Waals surface area contributed by atoms with Gasteiger partial charge in [0.1, 0.15) is 0 Å². The molecule has 2 aromatic rings. The maximum atomic E-state index is 2.00. The summed E-state index contributed by atoms with van der Waals surface area (Å²) in [6.07, 6.45) is 0. The highest BCUT2D eigenvalue weighted by Gasteiger charge is 1.58. The first-order chi connectivity index (χ1) is 8.00. The van der Waals surface area contributed by atoms with Gasteiger partial charge in [0.05, 0.1) is 0 Å². The second-order valence-electron chi connectivity index (χ2n) is 2.31. The molecule has 0 nitrogen and oxygen atoms in total. The summed E-state index contributed by atoms with van der Waals surface area (Å²) in [6, 6.07) is 24.0. The lowest BCUT2D eigenvalue weighted by molar-refractivity contribution is 1.11. The Morgan fingerprint density at radius 2 is 0.318 bits per heavy atom. The Hall–Kier alpha value is -1.70. The van der Waals surface area contributed by atoms with Crippen LogP contribution < -0.4 is 0 Å². The number of rotatable bonds is 0. The van der Waals surface area contributed by atoms with Crippen LogP contribution in [-0.2, 0) is 0 Å². The van der Waals surface area contributed by atoms with E-state index in [9.17, 15) is 0 Å². The second-order valence-corrected chi connectivity index (χ2v) is 2.31. The van der Waals surface area contributed by atoms with E-state index in [4.69, 9.17) is 0 Å². The fourth-order valence-corrected chi connectivity index (χ4v) is 0.770. The number of halogens is 2. The molecular weight excluding hydrogens is 278 g/mol. The second kappa shape index (κ2) is 60.9. The van der Waals surface area contributed by atoms with Gasteiger partial charge in [0.25, 0.3) is 0 Å². The van der Waals surface area contributed by atoms with Crippen LogP contribution in [0, 0.1) is 0 Å². The lowest BCUT2D eigenvalue weighted by Crippen LogP contribution is -1.47. The Morgan fingerprint density at radius 3 is 0.364 bits per heavy atom. The standard InChI is InChI=1S/2C6H6.2C2H6.4CH4.2FH/c2*1-2-4-6-5-3-1;2*1-2;;;;;;/h2*1-6H;2*1-2H3;4*1H4;2*1H. The van der Waals surface area contributed by atoms with E-state index in [-0.39, 0.29) is 39.1 Å². The van der Waals surface area contributed by atoms with Gasteiger partial charge in [-0.25, -0.2) is 0 Å². The maximum absolute atomic E-state index is 2.00. The van der Waals surface area contributed by atoms with Crippen molar-refractivity contribution >= 4 is 0 Å². The van der Waals surface area contributed by atoms with Gasteiger partial charge < -0.3 is 0 Å². The molecule has 2 aromatic carbocycles. The zero-order valence-corrected chi connectivity index (χ0v) is 11.7. The number of benzene rings is 2. The van der Waals surface area contributed by atoms with Gasteiger partial charge in [-0.05, 0) is 0 Å². The molecule has 0 aliphatic rings. The molecule has 0 atom stereocenters. The molecular formula is C20H42F2. The molecule has 0 saturated heterocycles. The van der Waals surface area contributed by atoms with Crippen LogP contribution in [0.25, 0.3) is 0 Å². The van der Waals surface area contributed by atoms with Gasteiger partial charge in [-0.2, -0.15) is 0 Å². The fraction of sp³-hybridized carbons (Fsp3) is 0.400. The first kappa shape index (κ1) is 50.0. The molecule has 0 unspecified atom stereocenters. The van der Waals surface area contributed by atoms with Gasteiger partial charge >= 0.3 is 0 Å². The molecule has 0 aliphatic carbocycles. The third kappa shape index (κ3) is 51.6. The molecule has 0 amide bonds. The highest BCUT2D eigenvalue weighted by molar-refractivity contribution is 4.99. The Labute approximate surface area is 140 Å². The largest absolute Gasteiger partial charge is 0.269 e. The van der Waals surface area contributed by atoms with Gasteiger partial charge in [-0.15, -0.1) is 0 Å². The van der Waals surface area contributed by atoms with E-state index >= 15 is 0 Å². The van der Waals surface area contributed by atoms with Crippen LogP contribution in [0.5, 0.6) is 0 Å². The van der Waals surface area contributed by atoms with E-state index < -0.39 is 0 Å². The van der Waals surface area contributed by atoms with Crippen molar-refractivity contribution in [1.29, 1.82) is 0 Å². The lowest BCUT2D eigenvalue weighted by atomic mass is 10.4. The molecule has 0 saturated carbocycles. The van der Waals surface area contributed by atoms with Crippen molar-refractivity contribution in [2.45, 2.75) is 57.4 Å². The van der Waals surface area contributed by atoms with Crippen LogP contribution in [0.4, 0.5) is 9.41 Å². The van der Waals surface area contributed by atoms with Crippen molar-refractivity contribution in [2.24, 2.45) is 0 Å². The third-order valence-electron chi connectivity index (χ3n) is 1.33. The van der Waals surface area contributed by atoms with Gasteiger partial charge in [0.15, 0.2) is 0 Å². The van der Waals surface area contributed by atoms with Gasteiger partial charge in [0, 0.05) is 0 Å². The Bertz CT molecular complexity index is 185. The molecule has 0 heterocycles. The molecule has 136 valence electrons. The summed E-state index contributed by atoms with van der Waals surface area (Å²) in [5.41, 5.74) is 0. The average Bonchev–Trinajstić information content (AvgIpc) is 2.48. The molecule has 22 heavy (non-hydrogen) atoms. The average molecular weight is 321 g/mol. The molecule has 0 radical (unpaired) electrons. The smallest absolute Gasteiger partial charge is 0.0623 e. The van der Waals surface area contributed by atoms with E-state index in [1.54, 1.807) is 0 Å². The maximum Gasteiger partial charge on any atom is -0.0623 e. The summed E-state index contributed by atoms with van der Waals surface area (Å²) in [7, 11) is 0. The monoisotopic (exact) mass is 320 g/mol. The van der Waals surface area contributed by atoms with Gasteiger partial charge in [-0.3, -0.25) is 9.41 Å². The van der Waals surface area contributed by atoms with E-state index in [0.29, 0.717) is 0 Å². The number of hydrogen-bond donors (Lipinski definition) is 0. The van der Waals surface area contributed by atoms with Crippen molar-refractivity contribution in [3.63, 3.8) is 0 Å². The van der Waals surface area contributed by atoms with Crippen LogP contribution >= 0.6 is 0 Å². The minimum atomic E-state index is 0. The molecule has 0 spiro atoms. The van der Waals surface area contributed by atoms with Crippen LogP contribution in [0.15, 0.2) is 72.8 Å². The normalized spacial score (nSPS) is 4.91. The Kier molecular flexibility index (Phi) is 138. The van der Waals surface area contributed by atoms with Crippen molar-refractivity contribution in [2.75, 3.05) is 0 Å². The summed E-state index contributed by atoms with van der Waals surface area (Å²) in [5.74, 6) is 0. The third-order valence-corrected chi connectivity index (χ3v) is 1.33. The first-order valence-electron chi connectivity index (χ1n) is 6.00. The van der Waals surface area contributed by atoms with Gasteiger partial charge in [0.2, 0.25) is 0 Å². The minimum Gasteiger partial charge on any atom is -0.269 e. The molecule has 0 fully saturated rings. The number of hydrogen-bond acceptors (Lipinski definition) is 0. The van der Waals surface area contributed by atoms with Crippen LogP contribution in [-0.4, -0.2) is 0 Å². The van der Waals surface area contributed by atoms with Crippen molar-refractivity contribution in [3.05, 3.63) is 72.8 Å². The van der Waals surface area contributed by atoms with Gasteiger partial charge in [-0.1, -0.05) is 130 Å². The van der Waals surface area contributed by atoms with Crippen molar-refractivity contribution in [1.82, 2.24) is 0 Å². The van der Waals surface area contributed by atoms with E-state index in [1.165, 1.54) is 0 Å². The van der Waals surface area contributed by atoms with Crippen LogP contribution in [0.1, 0.15) is 57.4 Å². The summed E-state index contributed by atoms with van der Waals surface area (Å²) < 4.78 is 0. The molecule has 2 heteroatoms. The molecule has 0 aromatic heterocycles. The quantitative estimate of drug-likeness (QED) is 0.458. The van der Waals surface area contributed by atoms with Crippen LogP contribution in [0.2, 0.25) is 0 Å². The molecule has 0 bridgehead atoms. The summed E-state index contributed by atoms with van der Waals surface area (Å²) in [6.45, 7) is 8.00. The van der Waals surface area contributed by atoms with Crippen molar-refractivity contribution in [3.8, 4) is 0 Å². The first-order valence-corrected chi connectivity index (χ1v) is 6.00. The highest BCUT2D eigenvalue weighted by atomic mass is 19.0. The zero-order chi connectivity index (χ0) is 12.5. The molecule has 0 aliphatic heterocycles. The highest BCUT2D eigenvalue weighted by Crippen LogP contribution is 1.80. The molecule has 0 N–H and O–H groups in total. The Balaban J connectivity index is -0.0000000198. The predicted octanol–water partition coefficient (Wildman–Crippen LogP) is 8.28. The topological polar surface area (TPSA) is 0 Å². The SMILES string of the molecule is C.C.C.C.CC.CC.F.F.c1ccccc1.c1ccccc1. The predicted molar refractivity (Wildman–Crippen MR) is 108 cm³/mol. The van der Waals surface area contributed by atoms with E-state index in [2.05, 4.69) is 0 Å². The van der Waals surface area contributed by atoms with Crippen LogP contribution in [0.3, 0.4) is 0 Å².